The van der Waals surface area contributed by atoms with Crippen molar-refractivity contribution < 1.29 is 0 Å². The summed E-state index contributed by atoms with van der Waals surface area (Å²) in [5.41, 5.74) is 11.8. The first-order valence-electron chi connectivity index (χ1n) is 11.3. The molecule has 0 amide bonds. The van der Waals surface area contributed by atoms with E-state index < -0.39 is 0 Å². The molecule has 2 nitrogen and oxygen atoms in total. The molecule has 0 atom stereocenters. The Morgan fingerprint density at radius 1 is 0.800 bits per heavy atom. The standard InChI is InChI=1S/C28H34N2/c1-22-9-8-10-23(19-22)20-30(27-17-15-26(29)16-18-27)21-28(24-11-4-2-5-12-24)25-13-6-3-7-14-25/h2-14,19,26-28H,15-18,20-21,29H2,1H3. The van der Waals surface area contributed by atoms with E-state index in [9.17, 15) is 0 Å². The van der Waals surface area contributed by atoms with Crippen LogP contribution in [-0.4, -0.2) is 23.5 Å². The lowest BCUT2D eigenvalue weighted by Crippen LogP contribution is -2.42. The number of benzene rings is 3. The summed E-state index contributed by atoms with van der Waals surface area (Å²) in [6.07, 6.45) is 4.67. The lowest BCUT2D eigenvalue weighted by Gasteiger charge is -2.38. The lowest BCUT2D eigenvalue weighted by molar-refractivity contribution is 0.137. The molecule has 0 spiro atoms. The van der Waals surface area contributed by atoms with Crippen molar-refractivity contribution in [2.45, 2.75) is 57.2 Å². The third kappa shape index (κ3) is 5.38. The monoisotopic (exact) mass is 398 g/mol. The Hall–Kier alpha value is -2.42. The van der Waals surface area contributed by atoms with E-state index in [-0.39, 0.29) is 0 Å². The van der Waals surface area contributed by atoms with Crippen LogP contribution in [-0.2, 0) is 6.54 Å². The van der Waals surface area contributed by atoms with Crippen molar-refractivity contribution in [1.82, 2.24) is 4.90 Å². The highest BCUT2D eigenvalue weighted by atomic mass is 15.2. The van der Waals surface area contributed by atoms with Crippen LogP contribution in [0, 0.1) is 6.92 Å². The second-order valence-corrected chi connectivity index (χ2v) is 8.86. The normalized spacial score (nSPS) is 19.3. The molecule has 3 aromatic rings. The van der Waals surface area contributed by atoms with Crippen LogP contribution in [0.15, 0.2) is 84.9 Å². The van der Waals surface area contributed by atoms with Gasteiger partial charge in [-0.05, 0) is 49.3 Å². The summed E-state index contributed by atoms with van der Waals surface area (Å²) in [5, 5.41) is 0. The topological polar surface area (TPSA) is 29.3 Å². The minimum absolute atomic E-state index is 0.368. The second kappa shape index (κ2) is 10.1. The van der Waals surface area contributed by atoms with E-state index >= 15 is 0 Å². The molecule has 156 valence electrons. The highest BCUT2D eigenvalue weighted by Gasteiger charge is 2.27. The highest BCUT2D eigenvalue weighted by molar-refractivity contribution is 5.33. The van der Waals surface area contributed by atoms with Gasteiger partial charge in [-0.1, -0.05) is 90.5 Å². The predicted octanol–water partition coefficient (Wildman–Crippen LogP) is 5.90. The quantitative estimate of drug-likeness (QED) is 0.537. The number of nitrogens with zero attached hydrogens (tertiary/aromatic N) is 1. The zero-order valence-electron chi connectivity index (χ0n) is 18.1. The van der Waals surface area contributed by atoms with Crippen molar-refractivity contribution in [3.63, 3.8) is 0 Å². The zero-order valence-corrected chi connectivity index (χ0v) is 18.1. The van der Waals surface area contributed by atoms with E-state index in [1.165, 1.54) is 35.1 Å². The van der Waals surface area contributed by atoms with Gasteiger partial charge in [0.1, 0.15) is 0 Å². The van der Waals surface area contributed by atoms with Crippen LogP contribution in [0.2, 0.25) is 0 Å². The molecule has 1 fully saturated rings. The summed E-state index contributed by atoms with van der Waals surface area (Å²) in [5.74, 6) is 0.368. The maximum absolute atomic E-state index is 6.23. The molecule has 0 unspecified atom stereocenters. The molecule has 0 bridgehead atoms. The fourth-order valence-corrected chi connectivity index (χ4v) is 4.86. The fourth-order valence-electron chi connectivity index (χ4n) is 4.86. The molecule has 0 aliphatic heterocycles. The van der Waals surface area contributed by atoms with E-state index in [2.05, 4.69) is 96.8 Å². The number of hydrogen-bond acceptors (Lipinski definition) is 2. The third-order valence-corrected chi connectivity index (χ3v) is 6.55. The van der Waals surface area contributed by atoms with Crippen LogP contribution in [0.1, 0.15) is 53.9 Å². The molecular formula is C28H34N2. The highest BCUT2D eigenvalue weighted by Crippen LogP contribution is 2.30. The van der Waals surface area contributed by atoms with Crippen molar-refractivity contribution in [1.29, 1.82) is 0 Å². The van der Waals surface area contributed by atoms with Gasteiger partial charge in [0.15, 0.2) is 0 Å². The van der Waals surface area contributed by atoms with Crippen molar-refractivity contribution in [3.05, 3.63) is 107 Å². The Morgan fingerprint density at radius 2 is 1.40 bits per heavy atom. The van der Waals surface area contributed by atoms with Crippen LogP contribution < -0.4 is 5.73 Å². The molecule has 1 aliphatic rings. The smallest absolute Gasteiger partial charge is 0.0237 e. The maximum Gasteiger partial charge on any atom is 0.0237 e. The SMILES string of the molecule is Cc1cccc(CN(CC(c2ccccc2)c2ccccc2)C2CCC(N)CC2)c1. The average molecular weight is 399 g/mol. The van der Waals surface area contributed by atoms with E-state index in [0.29, 0.717) is 18.0 Å². The first-order chi connectivity index (χ1) is 14.7. The lowest BCUT2D eigenvalue weighted by atomic mass is 9.87. The van der Waals surface area contributed by atoms with Crippen molar-refractivity contribution in [2.24, 2.45) is 5.73 Å². The third-order valence-electron chi connectivity index (χ3n) is 6.55. The van der Waals surface area contributed by atoms with Crippen molar-refractivity contribution in [2.75, 3.05) is 6.54 Å². The molecule has 30 heavy (non-hydrogen) atoms. The Morgan fingerprint density at radius 3 is 1.97 bits per heavy atom. The molecule has 3 aromatic carbocycles. The number of rotatable bonds is 7. The van der Waals surface area contributed by atoms with E-state index in [1.807, 2.05) is 0 Å². The van der Waals surface area contributed by atoms with Crippen LogP contribution in [0.5, 0.6) is 0 Å². The van der Waals surface area contributed by atoms with Gasteiger partial charge in [0.05, 0.1) is 0 Å². The van der Waals surface area contributed by atoms with Gasteiger partial charge in [-0.2, -0.15) is 0 Å². The van der Waals surface area contributed by atoms with Gasteiger partial charge in [-0.15, -0.1) is 0 Å². The van der Waals surface area contributed by atoms with Gasteiger partial charge in [0.2, 0.25) is 0 Å². The minimum atomic E-state index is 0.368. The van der Waals surface area contributed by atoms with Gasteiger partial charge in [-0.25, -0.2) is 0 Å². The first kappa shape index (κ1) is 20.8. The molecule has 0 heterocycles. The first-order valence-corrected chi connectivity index (χ1v) is 11.3. The molecule has 0 aromatic heterocycles. The van der Waals surface area contributed by atoms with Gasteiger partial charge >= 0.3 is 0 Å². The van der Waals surface area contributed by atoms with E-state index in [1.54, 1.807) is 0 Å². The number of hydrogen-bond donors (Lipinski definition) is 1. The summed E-state index contributed by atoms with van der Waals surface area (Å²) in [6, 6.07) is 31.9. The zero-order chi connectivity index (χ0) is 20.8. The van der Waals surface area contributed by atoms with Gasteiger partial charge in [0, 0.05) is 31.1 Å². The molecule has 1 saturated carbocycles. The molecular weight excluding hydrogens is 364 g/mol. The average Bonchev–Trinajstić information content (AvgIpc) is 2.78. The molecule has 2 heteroatoms. The number of nitrogens with two attached hydrogens (primary N) is 1. The fraction of sp³-hybridized carbons (Fsp3) is 0.357. The minimum Gasteiger partial charge on any atom is -0.328 e. The molecule has 1 aliphatic carbocycles. The maximum atomic E-state index is 6.23. The van der Waals surface area contributed by atoms with Gasteiger partial charge < -0.3 is 5.73 Å². The summed E-state index contributed by atoms with van der Waals surface area (Å²) < 4.78 is 0. The summed E-state index contributed by atoms with van der Waals surface area (Å²) in [4.78, 5) is 2.73. The van der Waals surface area contributed by atoms with Crippen LogP contribution >= 0.6 is 0 Å². The Kier molecular flexibility index (Phi) is 6.99. The largest absolute Gasteiger partial charge is 0.328 e. The molecule has 2 N–H and O–H groups in total. The van der Waals surface area contributed by atoms with E-state index in [4.69, 9.17) is 5.73 Å². The van der Waals surface area contributed by atoms with Crippen molar-refractivity contribution in [3.8, 4) is 0 Å². The van der Waals surface area contributed by atoms with Gasteiger partial charge in [0.25, 0.3) is 0 Å². The van der Waals surface area contributed by atoms with Crippen LogP contribution in [0.25, 0.3) is 0 Å². The van der Waals surface area contributed by atoms with Crippen LogP contribution in [0.4, 0.5) is 0 Å². The Balaban J connectivity index is 1.63. The number of aryl methyl sites for hydroxylation is 1. The second-order valence-electron chi connectivity index (χ2n) is 8.86. The molecule has 0 radical (unpaired) electrons. The Labute approximate surface area is 181 Å². The summed E-state index contributed by atoms with van der Waals surface area (Å²) >= 11 is 0. The molecule has 0 saturated heterocycles. The van der Waals surface area contributed by atoms with Crippen LogP contribution in [0.3, 0.4) is 0 Å². The van der Waals surface area contributed by atoms with Crippen molar-refractivity contribution >= 4 is 0 Å². The predicted molar refractivity (Wildman–Crippen MR) is 127 cm³/mol. The Bertz CT molecular complexity index is 859. The van der Waals surface area contributed by atoms with E-state index in [0.717, 1.165) is 25.9 Å². The summed E-state index contributed by atoms with van der Waals surface area (Å²) in [7, 11) is 0. The molecule has 4 rings (SSSR count). The van der Waals surface area contributed by atoms with Gasteiger partial charge in [-0.3, -0.25) is 4.90 Å². The summed E-state index contributed by atoms with van der Waals surface area (Å²) in [6.45, 7) is 4.21.